The van der Waals surface area contributed by atoms with Crippen LogP contribution in [0.5, 0.6) is 5.75 Å². The van der Waals surface area contributed by atoms with Crippen LogP contribution in [0, 0.1) is 23.7 Å². The summed E-state index contributed by atoms with van der Waals surface area (Å²) in [5.74, 6) is -3.02. The first-order valence-electron chi connectivity index (χ1n) is 9.85. The summed E-state index contributed by atoms with van der Waals surface area (Å²) in [7, 11) is -2.38. The zero-order valence-corrected chi connectivity index (χ0v) is 17.1. The molecule has 0 aromatic heterocycles. The molecule has 5 unspecified atom stereocenters. The second-order valence-electron chi connectivity index (χ2n) is 7.94. The zero-order chi connectivity index (χ0) is 21.6. The minimum absolute atomic E-state index is 0.0580. The summed E-state index contributed by atoms with van der Waals surface area (Å²) < 4.78 is 46.0. The van der Waals surface area contributed by atoms with Gasteiger partial charge in [-0.15, -0.1) is 0 Å². The zero-order valence-electron chi connectivity index (χ0n) is 16.3. The molecule has 3 fully saturated rings. The van der Waals surface area contributed by atoms with E-state index >= 15 is 0 Å². The van der Waals surface area contributed by atoms with E-state index in [-0.39, 0.29) is 35.2 Å². The van der Waals surface area contributed by atoms with Gasteiger partial charge >= 0.3 is 17.9 Å². The minimum atomic E-state index is -4.24. The molecule has 11 heteroatoms. The van der Waals surface area contributed by atoms with Gasteiger partial charge < -0.3 is 14.2 Å². The fraction of sp³-hybridized carbons (Fsp3) is 0.526. The molecule has 1 saturated heterocycles. The van der Waals surface area contributed by atoms with Gasteiger partial charge in [0.05, 0.1) is 17.4 Å². The predicted molar refractivity (Wildman–Crippen MR) is 104 cm³/mol. The highest BCUT2D eigenvalue weighted by Crippen LogP contribution is 2.58. The van der Waals surface area contributed by atoms with E-state index in [0.29, 0.717) is 18.3 Å². The Morgan fingerprint density at radius 1 is 1.27 bits per heavy atom. The van der Waals surface area contributed by atoms with Gasteiger partial charge in [0.15, 0.2) is 0 Å². The number of benzene rings is 1. The van der Waals surface area contributed by atoms with E-state index in [2.05, 4.69) is 0 Å². The molecule has 1 aromatic rings. The molecule has 3 aliphatic rings. The van der Waals surface area contributed by atoms with Crippen molar-refractivity contribution < 1.29 is 41.6 Å². The van der Waals surface area contributed by atoms with Gasteiger partial charge in [-0.25, -0.2) is 4.79 Å². The molecule has 2 saturated carbocycles. The van der Waals surface area contributed by atoms with Gasteiger partial charge in [0, 0.05) is 5.92 Å². The van der Waals surface area contributed by atoms with Gasteiger partial charge in [-0.05, 0) is 36.5 Å². The number of carbonyl (C=O) groups excluding carboxylic acids is 3. The topological polar surface area (TPSA) is 133 Å². The third-order valence-electron chi connectivity index (χ3n) is 6.22. The van der Waals surface area contributed by atoms with E-state index in [4.69, 9.17) is 18.8 Å². The summed E-state index contributed by atoms with van der Waals surface area (Å²) in [5, 5.41) is 0. The van der Waals surface area contributed by atoms with Crippen LogP contribution < -0.4 is 4.74 Å². The lowest BCUT2D eigenvalue weighted by Crippen LogP contribution is -2.35. The van der Waals surface area contributed by atoms with Gasteiger partial charge in [0.25, 0.3) is 10.1 Å². The molecular weight excluding hydrogens is 415 g/mol. The van der Waals surface area contributed by atoms with Crippen molar-refractivity contribution in [3.05, 3.63) is 29.3 Å². The van der Waals surface area contributed by atoms with Crippen LogP contribution in [0.1, 0.15) is 28.8 Å². The minimum Gasteiger partial charge on any atom is -0.462 e. The van der Waals surface area contributed by atoms with Gasteiger partial charge in [-0.2, -0.15) is 8.42 Å². The highest BCUT2D eigenvalue weighted by Gasteiger charge is 2.64. The largest absolute Gasteiger partial charge is 0.462 e. The monoisotopic (exact) mass is 436 g/mol. The standard InChI is InChI=1S/C19H21BO9S/c20-8-10-2-1-9(17(21)27-3-4-30(24,25)26)6-13(10)28-18(22)15-11-5-12-14(7-11)29-19(23)16(12)15/h1-2,6,11-12,14-16H,3-5,7-8,20H2,(H,24,25,26). The van der Waals surface area contributed by atoms with E-state index in [1.807, 2.05) is 7.85 Å². The molecule has 0 spiro atoms. The predicted octanol–water partition coefficient (Wildman–Crippen LogP) is -0.0327. The van der Waals surface area contributed by atoms with Gasteiger partial charge in [0.1, 0.15) is 32.1 Å². The molecule has 9 nitrogen and oxygen atoms in total. The van der Waals surface area contributed by atoms with Crippen LogP contribution in [0.15, 0.2) is 18.2 Å². The summed E-state index contributed by atoms with van der Waals surface area (Å²) >= 11 is 0. The first kappa shape index (κ1) is 20.9. The molecule has 1 aromatic carbocycles. The lowest BCUT2D eigenvalue weighted by Gasteiger charge is -2.23. The van der Waals surface area contributed by atoms with Crippen molar-refractivity contribution in [1.82, 2.24) is 0 Å². The van der Waals surface area contributed by atoms with Crippen molar-refractivity contribution >= 4 is 35.9 Å². The Kier molecular flexibility index (Phi) is 5.35. The molecule has 160 valence electrons. The summed E-state index contributed by atoms with van der Waals surface area (Å²) in [5.41, 5.74) is 0.784. The summed E-state index contributed by atoms with van der Waals surface area (Å²) in [6.07, 6.45) is 1.92. The smallest absolute Gasteiger partial charge is 0.338 e. The van der Waals surface area contributed by atoms with E-state index in [9.17, 15) is 22.8 Å². The van der Waals surface area contributed by atoms with Gasteiger partial charge in [0.2, 0.25) is 0 Å². The van der Waals surface area contributed by atoms with Gasteiger partial charge in [-0.1, -0.05) is 12.4 Å². The number of ether oxygens (including phenoxy) is 3. The lowest BCUT2D eigenvalue weighted by atomic mass is 9.80. The molecule has 1 aliphatic heterocycles. The maximum absolute atomic E-state index is 12.9. The Balaban J connectivity index is 1.48. The van der Waals surface area contributed by atoms with Crippen LogP contribution >= 0.6 is 0 Å². The second kappa shape index (κ2) is 7.70. The van der Waals surface area contributed by atoms with Crippen molar-refractivity contribution in [1.29, 1.82) is 0 Å². The maximum atomic E-state index is 12.9. The Hall–Kier alpha value is -2.40. The van der Waals surface area contributed by atoms with Crippen LogP contribution in [-0.2, 0) is 35.5 Å². The Labute approximate surface area is 174 Å². The van der Waals surface area contributed by atoms with Crippen molar-refractivity contribution in [2.45, 2.75) is 25.3 Å². The second-order valence-corrected chi connectivity index (χ2v) is 9.51. The first-order chi connectivity index (χ1) is 14.2. The third-order valence-corrected chi connectivity index (χ3v) is 6.91. The number of rotatable bonds is 7. The van der Waals surface area contributed by atoms with Crippen LogP contribution in [0.2, 0.25) is 0 Å². The van der Waals surface area contributed by atoms with Gasteiger partial charge in [-0.3, -0.25) is 14.1 Å². The molecule has 2 aliphatic carbocycles. The molecule has 0 amide bonds. The van der Waals surface area contributed by atoms with E-state index < -0.39 is 46.3 Å². The van der Waals surface area contributed by atoms with E-state index in [0.717, 1.165) is 6.42 Å². The fourth-order valence-electron chi connectivity index (χ4n) is 4.89. The van der Waals surface area contributed by atoms with Crippen LogP contribution in [0.4, 0.5) is 0 Å². The summed E-state index contributed by atoms with van der Waals surface area (Å²) in [6, 6.07) is 4.49. The van der Waals surface area contributed by atoms with Crippen molar-refractivity contribution in [3.8, 4) is 5.75 Å². The fourth-order valence-corrected chi connectivity index (χ4v) is 5.19. The molecule has 5 atom stereocenters. The molecule has 2 bridgehead atoms. The number of hydrogen-bond donors (Lipinski definition) is 1. The number of hydrogen-bond acceptors (Lipinski definition) is 8. The van der Waals surface area contributed by atoms with Crippen LogP contribution in [-0.4, -0.2) is 57.2 Å². The number of fused-ring (bicyclic) bond motifs is 1. The van der Waals surface area contributed by atoms with Crippen LogP contribution in [0.25, 0.3) is 0 Å². The third kappa shape index (κ3) is 3.83. The van der Waals surface area contributed by atoms with Crippen molar-refractivity contribution in [2.24, 2.45) is 23.7 Å². The molecule has 0 radical (unpaired) electrons. The first-order valence-corrected chi connectivity index (χ1v) is 11.5. The van der Waals surface area contributed by atoms with Crippen molar-refractivity contribution in [3.63, 3.8) is 0 Å². The lowest BCUT2D eigenvalue weighted by molar-refractivity contribution is -0.149. The van der Waals surface area contributed by atoms with Crippen LogP contribution in [0.3, 0.4) is 0 Å². The molecule has 1 heterocycles. The average Bonchev–Trinajstić information content (AvgIpc) is 3.29. The number of carbonyl (C=O) groups is 3. The van der Waals surface area contributed by atoms with E-state index in [1.165, 1.54) is 12.1 Å². The summed E-state index contributed by atoms with van der Waals surface area (Å²) in [6.45, 7) is -0.502. The Morgan fingerprint density at radius 3 is 2.73 bits per heavy atom. The van der Waals surface area contributed by atoms with Crippen molar-refractivity contribution in [2.75, 3.05) is 12.4 Å². The Bertz CT molecular complexity index is 1000. The SMILES string of the molecule is BCc1ccc(C(=O)OCCS(=O)(=O)O)cc1OC(=O)C1C2CC3OC(=O)C1C3C2. The number of esters is 3. The quantitative estimate of drug-likeness (QED) is 0.271. The summed E-state index contributed by atoms with van der Waals surface area (Å²) in [4.78, 5) is 37.2. The highest BCUT2D eigenvalue weighted by molar-refractivity contribution is 7.85. The molecule has 1 N–H and O–H groups in total. The Morgan fingerprint density at radius 2 is 2.03 bits per heavy atom. The molecule has 4 rings (SSSR count). The normalized spacial score (nSPS) is 29.0. The average molecular weight is 436 g/mol. The highest BCUT2D eigenvalue weighted by atomic mass is 32.2. The molecule has 30 heavy (non-hydrogen) atoms. The maximum Gasteiger partial charge on any atom is 0.338 e. The van der Waals surface area contributed by atoms with E-state index in [1.54, 1.807) is 6.07 Å². The molecular formula is C19H21BO9S.